The molecule has 0 bridgehead atoms. The van der Waals surface area contributed by atoms with Crippen molar-refractivity contribution in [3.05, 3.63) is 39.4 Å². The zero-order valence-corrected chi connectivity index (χ0v) is 15.9. The molecule has 0 aliphatic carbocycles. The Balaban J connectivity index is 2.05. The summed E-state index contributed by atoms with van der Waals surface area (Å²) in [4.78, 5) is 4.07. The number of aryl methyl sites for hydroxylation is 1. The minimum atomic E-state index is -3.00. The molecule has 0 unspecified atom stereocenters. The number of ether oxygens (including phenoxy) is 1. The van der Waals surface area contributed by atoms with Crippen LogP contribution in [0.1, 0.15) is 17.2 Å². The number of rotatable bonds is 6. The van der Waals surface area contributed by atoms with Gasteiger partial charge in [-0.25, -0.2) is 0 Å². The van der Waals surface area contributed by atoms with Gasteiger partial charge in [-0.05, 0) is 19.1 Å². The van der Waals surface area contributed by atoms with E-state index in [1.165, 1.54) is 12.1 Å². The topological polar surface area (TPSA) is 76.4 Å². The summed E-state index contributed by atoms with van der Waals surface area (Å²) in [6, 6.07) is 2.84. The van der Waals surface area contributed by atoms with Crippen molar-refractivity contribution in [2.24, 2.45) is 12.0 Å². The summed E-state index contributed by atoms with van der Waals surface area (Å²) in [5.74, 6) is 1.81. The zero-order chi connectivity index (χ0) is 19.3. The summed E-state index contributed by atoms with van der Waals surface area (Å²) in [7, 11) is 3.43. The van der Waals surface area contributed by atoms with Crippen LogP contribution in [0.3, 0.4) is 0 Å². The molecule has 0 aliphatic heterocycles. The smallest absolute Gasteiger partial charge is 0.387 e. The summed E-state index contributed by atoms with van der Waals surface area (Å²) < 4.78 is 31.6. The minimum Gasteiger partial charge on any atom is -0.433 e. The van der Waals surface area contributed by atoms with Crippen molar-refractivity contribution in [3.63, 3.8) is 0 Å². The van der Waals surface area contributed by atoms with Gasteiger partial charge in [0.25, 0.3) is 0 Å². The van der Waals surface area contributed by atoms with Gasteiger partial charge in [-0.15, -0.1) is 10.2 Å². The molecule has 1 aromatic heterocycles. The fraction of sp³-hybridized carbons (Fsp3) is 0.400. The number of halogens is 4. The second-order valence-electron chi connectivity index (χ2n) is 5.26. The van der Waals surface area contributed by atoms with Gasteiger partial charge in [-0.1, -0.05) is 23.2 Å². The van der Waals surface area contributed by atoms with E-state index in [0.717, 1.165) is 11.6 Å². The minimum absolute atomic E-state index is 0.00658. The summed E-state index contributed by atoms with van der Waals surface area (Å²) in [5, 5.41) is 14.4. The van der Waals surface area contributed by atoms with Crippen LogP contribution in [0, 0.1) is 6.92 Å². The fourth-order valence-corrected chi connectivity index (χ4v) is 2.71. The van der Waals surface area contributed by atoms with Crippen LogP contribution in [0.25, 0.3) is 0 Å². The quantitative estimate of drug-likeness (QED) is 0.569. The lowest BCUT2D eigenvalue weighted by Crippen LogP contribution is -2.37. The first kappa shape index (κ1) is 20.2. The van der Waals surface area contributed by atoms with Crippen molar-refractivity contribution in [1.82, 2.24) is 25.4 Å². The van der Waals surface area contributed by atoms with Crippen LogP contribution in [-0.2, 0) is 20.1 Å². The standard InChI is InChI=1S/C15H18Cl2F2N6O/c1-8-23-24-12(25(8)3)7-22-15(20-2)21-6-9-4-10(16)5-11(17)13(9)26-14(18)19/h4-5,14H,6-7H2,1-3H3,(H2,20,21,22). The van der Waals surface area contributed by atoms with E-state index in [1.807, 2.05) is 18.5 Å². The molecular weight excluding hydrogens is 389 g/mol. The molecule has 0 spiro atoms. The third kappa shape index (κ3) is 5.18. The highest BCUT2D eigenvalue weighted by molar-refractivity contribution is 6.35. The highest BCUT2D eigenvalue weighted by atomic mass is 35.5. The van der Waals surface area contributed by atoms with Gasteiger partial charge in [0, 0.05) is 31.2 Å². The molecule has 2 N–H and O–H groups in total. The van der Waals surface area contributed by atoms with Crippen LogP contribution in [0.2, 0.25) is 10.0 Å². The Kier molecular flexibility index (Phi) is 6.98. The van der Waals surface area contributed by atoms with E-state index in [1.54, 1.807) is 7.05 Å². The molecule has 11 heteroatoms. The molecule has 2 rings (SSSR count). The molecule has 7 nitrogen and oxygen atoms in total. The Hall–Kier alpha value is -2.13. The Morgan fingerprint density at radius 1 is 1.27 bits per heavy atom. The van der Waals surface area contributed by atoms with Crippen LogP contribution in [0.5, 0.6) is 5.75 Å². The summed E-state index contributed by atoms with van der Waals surface area (Å²) >= 11 is 11.9. The van der Waals surface area contributed by atoms with Crippen LogP contribution < -0.4 is 15.4 Å². The van der Waals surface area contributed by atoms with Crippen LogP contribution >= 0.6 is 23.2 Å². The Morgan fingerprint density at radius 2 is 1.96 bits per heavy atom. The van der Waals surface area contributed by atoms with Crippen molar-refractivity contribution in [2.45, 2.75) is 26.6 Å². The van der Waals surface area contributed by atoms with E-state index >= 15 is 0 Å². The monoisotopic (exact) mass is 406 g/mol. The molecule has 2 aromatic rings. The van der Waals surface area contributed by atoms with Crippen LogP contribution in [0.4, 0.5) is 8.78 Å². The predicted molar refractivity (Wildman–Crippen MR) is 95.9 cm³/mol. The van der Waals surface area contributed by atoms with Gasteiger partial charge >= 0.3 is 6.61 Å². The molecular formula is C15H18Cl2F2N6O. The molecule has 1 heterocycles. The largest absolute Gasteiger partial charge is 0.433 e. The van der Waals surface area contributed by atoms with E-state index < -0.39 is 6.61 Å². The van der Waals surface area contributed by atoms with Crippen molar-refractivity contribution in [2.75, 3.05) is 7.05 Å². The second-order valence-corrected chi connectivity index (χ2v) is 6.10. The first-order chi connectivity index (χ1) is 12.3. The number of aromatic nitrogens is 3. The van der Waals surface area contributed by atoms with Gasteiger partial charge in [0.15, 0.2) is 11.8 Å². The van der Waals surface area contributed by atoms with Gasteiger partial charge in [0.1, 0.15) is 11.6 Å². The van der Waals surface area contributed by atoms with E-state index in [-0.39, 0.29) is 17.3 Å². The Morgan fingerprint density at radius 3 is 2.54 bits per heavy atom. The highest BCUT2D eigenvalue weighted by Gasteiger charge is 2.15. The number of benzene rings is 1. The normalized spacial score (nSPS) is 11.8. The van der Waals surface area contributed by atoms with Crippen molar-refractivity contribution in [1.29, 1.82) is 0 Å². The number of nitrogens with zero attached hydrogens (tertiary/aromatic N) is 4. The van der Waals surface area contributed by atoms with Gasteiger partial charge < -0.3 is 19.9 Å². The lowest BCUT2D eigenvalue weighted by molar-refractivity contribution is -0.0504. The highest BCUT2D eigenvalue weighted by Crippen LogP contribution is 2.33. The molecule has 0 atom stereocenters. The fourth-order valence-electron chi connectivity index (χ4n) is 2.13. The van der Waals surface area contributed by atoms with Crippen molar-refractivity contribution >= 4 is 29.2 Å². The summed E-state index contributed by atoms with van der Waals surface area (Å²) in [5.41, 5.74) is 0.375. The van der Waals surface area contributed by atoms with Gasteiger partial charge in [0.05, 0.1) is 11.6 Å². The molecule has 1 aromatic carbocycles. The van der Waals surface area contributed by atoms with E-state index in [9.17, 15) is 8.78 Å². The average Bonchev–Trinajstić information content (AvgIpc) is 2.89. The van der Waals surface area contributed by atoms with Gasteiger partial charge in [-0.3, -0.25) is 4.99 Å². The maximum atomic E-state index is 12.6. The molecule has 0 aliphatic rings. The zero-order valence-electron chi connectivity index (χ0n) is 14.4. The SMILES string of the molecule is CN=C(NCc1cc(Cl)cc(Cl)c1OC(F)F)NCc1nnc(C)n1C. The lowest BCUT2D eigenvalue weighted by Gasteiger charge is -2.16. The first-order valence-electron chi connectivity index (χ1n) is 7.54. The molecule has 142 valence electrons. The molecule has 0 radical (unpaired) electrons. The number of aliphatic imine (C=N–C) groups is 1. The Bertz CT molecular complexity index is 797. The number of hydrogen-bond acceptors (Lipinski definition) is 4. The van der Waals surface area contributed by atoms with Crippen molar-refractivity contribution in [3.8, 4) is 5.75 Å². The molecule has 0 amide bonds. The van der Waals surface area contributed by atoms with Crippen LogP contribution in [0.15, 0.2) is 17.1 Å². The van der Waals surface area contributed by atoms with Crippen molar-refractivity contribution < 1.29 is 13.5 Å². The van der Waals surface area contributed by atoms with Gasteiger partial charge in [0.2, 0.25) is 0 Å². The maximum absolute atomic E-state index is 12.6. The maximum Gasteiger partial charge on any atom is 0.387 e. The van der Waals surface area contributed by atoms with Crippen LogP contribution in [-0.4, -0.2) is 34.4 Å². The number of nitrogens with one attached hydrogen (secondary N) is 2. The Labute approximate surface area is 159 Å². The molecule has 0 saturated heterocycles. The number of hydrogen-bond donors (Lipinski definition) is 2. The van der Waals surface area contributed by atoms with E-state index in [2.05, 4.69) is 30.6 Å². The molecule has 26 heavy (non-hydrogen) atoms. The number of guanidine groups is 1. The first-order valence-corrected chi connectivity index (χ1v) is 8.29. The summed E-state index contributed by atoms with van der Waals surface area (Å²) in [6.45, 7) is -0.645. The van der Waals surface area contributed by atoms with E-state index in [0.29, 0.717) is 23.1 Å². The summed E-state index contributed by atoms with van der Waals surface area (Å²) in [6.07, 6.45) is 0. The van der Waals surface area contributed by atoms with Gasteiger partial charge in [-0.2, -0.15) is 8.78 Å². The third-order valence-electron chi connectivity index (χ3n) is 3.56. The molecule has 0 fully saturated rings. The third-order valence-corrected chi connectivity index (χ3v) is 4.06. The second kappa shape index (κ2) is 9.00. The molecule has 0 saturated carbocycles. The number of alkyl halides is 2. The lowest BCUT2D eigenvalue weighted by atomic mass is 10.2. The van der Waals surface area contributed by atoms with E-state index in [4.69, 9.17) is 23.2 Å². The average molecular weight is 407 g/mol. The predicted octanol–water partition coefficient (Wildman–Crippen LogP) is 2.90.